The lowest BCUT2D eigenvalue weighted by Crippen LogP contribution is -2.50. The summed E-state index contributed by atoms with van der Waals surface area (Å²) < 4.78 is 5.02. The number of piperidine rings is 1. The molecular weight excluding hydrogens is 328 g/mol. The molecule has 0 N–H and O–H groups in total. The molecule has 5 nitrogen and oxygen atoms in total. The number of hydrogen-bond donors (Lipinski definition) is 0. The Hall–Kier alpha value is -2.56. The lowest BCUT2D eigenvalue weighted by atomic mass is 9.78. The average molecular weight is 352 g/mol. The van der Waals surface area contributed by atoms with Gasteiger partial charge >= 0.3 is 0 Å². The molecule has 1 aromatic carbocycles. The average Bonchev–Trinajstić information content (AvgIpc) is 3.34. The molecule has 1 atom stereocenters. The van der Waals surface area contributed by atoms with Crippen LogP contribution in [0.1, 0.15) is 35.2 Å². The number of nitrogens with zero attached hydrogens (tertiary/aromatic N) is 2. The second-order valence-electron chi connectivity index (χ2n) is 7.40. The minimum Gasteiger partial charge on any atom is -0.472 e. The van der Waals surface area contributed by atoms with Crippen LogP contribution in [0, 0.1) is 5.41 Å². The van der Waals surface area contributed by atoms with Gasteiger partial charge < -0.3 is 14.2 Å². The predicted octanol–water partition coefficient (Wildman–Crippen LogP) is 2.98. The first kappa shape index (κ1) is 16.9. The molecule has 1 aromatic heterocycles. The van der Waals surface area contributed by atoms with E-state index in [0.717, 1.165) is 38.8 Å². The van der Waals surface area contributed by atoms with Gasteiger partial charge in [-0.05, 0) is 37.3 Å². The Bertz CT molecular complexity index is 772. The molecule has 1 unspecified atom stereocenters. The lowest BCUT2D eigenvalue weighted by Gasteiger charge is -2.39. The van der Waals surface area contributed by atoms with Crippen molar-refractivity contribution >= 4 is 11.8 Å². The number of furan rings is 1. The Morgan fingerprint density at radius 1 is 1.12 bits per heavy atom. The Kier molecular flexibility index (Phi) is 4.53. The zero-order valence-electron chi connectivity index (χ0n) is 14.9. The number of rotatable bonds is 4. The molecular formula is C21H24N2O3. The van der Waals surface area contributed by atoms with Gasteiger partial charge in [-0.3, -0.25) is 9.59 Å². The SMILES string of the molecule is O=C(c1ccoc1)N1CCC2(CCCN(CCc3ccccc3)C2=O)C1. The van der Waals surface area contributed by atoms with Gasteiger partial charge in [-0.2, -0.15) is 0 Å². The maximum Gasteiger partial charge on any atom is 0.257 e. The third-order valence-electron chi connectivity index (χ3n) is 5.75. The Labute approximate surface area is 153 Å². The molecule has 2 fully saturated rings. The number of hydrogen-bond acceptors (Lipinski definition) is 3. The topological polar surface area (TPSA) is 53.8 Å². The third-order valence-corrected chi connectivity index (χ3v) is 5.75. The third kappa shape index (κ3) is 3.14. The maximum atomic E-state index is 13.2. The fourth-order valence-corrected chi connectivity index (χ4v) is 4.27. The van der Waals surface area contributed by atoms with Gasteiger partial charge in [0.15, 0.2) is 0 Å². The highest BCUT2D eigenvalue weighted by Gasteiger charge is 2.49. The largest absolute Gasteiger partial charge is 0.472 e. The van der Waals surface area contributed by atoms with Crippen LogP contribution < -0.4 is 0 Å². The first-order valence-electron chi connectivity index (χ1n) is 9.33. The van der Waals surface area contributed by atoms with E-state index in [9.17, 15) is 9.59 Å². The van der Waals surface area contributed by atoms with E-state index in [1.165, 1.54) is 18.1 Å². The molecule has 2 amide bonds. The Morgan fingerprint density at radius 3 is 2.73 bits per heavy atom. The van der Waals surface area contributed by atoms with Crippen molar-refractivity contribution in [1.29, 1.82) is 0 Å². The summed E-state index contributed by atoms with van der Waals surface area (Å²) in [6.07, 6.45) is 6.51. The molecule has 0 aliphatic carbocycles. The van der Waals surface area contributed by atoms with Crippen molar-refractivity contribution in [3.05, 3.63) is 60.1 Å². The molecule has 2 aliphatic heterocycles. The second kappa shape index (κ2) is 6.98. The van der Waals surface area contributed by atoms with Gasteiger partial charge in [0.2, 0.25) is 5.91 Å². The van der Waals surface area contributed by atoms with Crippen molar-refractivity contribution in [3.63, 3.8) is 0 Å². The van der Waals surface area contributed by atoms with Crippen molar-refractivity contribution in [2.24, 2.45) is 5.41 Å². The van der Waals surface area contributed by atoms with Crippen LogP contribution in [0.4, 0.5) is 0 Å². The summed E-state index contributed by atoms with van der Waals surface area (Å²) in [5, 5.41) is 0. The fraction of sp³-hybridized carbons (Fsp3) is 0.429. The van der Waals surface area contributed by atoms with Gasteiger partial charge in [0.1, 0.15) is 6.26 Å². The van der Waals surface area contributed by atoms with Crippen LogP contribution in [-0.2, 0) is 11.2 Å². The van der Waals surface area contributed by atoms with Crippen molar-refractivity contribution in [2.75, 3.05) is 26.2 Å². The molecule has 2 saturated heterocycles. The lowest BCUT2D eigenvalue weighted by molar-refractivity contribution is -0.145. The summed E-state index contributed by atoms with van der Waals surface area (Å²) in [6.45, 7) is 2.74. The highest BCUT2D eigenvalue weighted by atomic mass is 16.3. The summed E-state index contributed by atoms with van der Waals surface area (Å²) in [5.74, 6) is 0.187. The van der Waals surface area contributed by atoms with Crippen molar-refractivity contribution in [3.8, 4) is 0 Å². The molecule has 3 heterocycles. The van der Waals surface area contributed by atoms with Crippen LogP contribution in [0.25, 0.3) is 0 Å². The van der Waals surface area contributed by atoms with E-state index >= 15 is 0 Å². The zero-order chi connectivity index (χ0) is 18.0. The number of benzene rings is 1. The molecule has 26 heavy (non-hydrogen) atoms. The van der Waals surface area contributed by atoms with E-state index in [1.54, 1.807) is 6.07 Å². The van der Waals surface area contributed by atoms with E-state index in [1.807, 2.05) is 28.0 Å². The molecule has 2 aliphatic rings. The molecule has 0 bridgehead atoms. The summed E-state index contributed by atoms with van der Waals surface area (Å²) >= 11 is 0. The quantitative estimate of drug-likeness (QED) is 0.850. The molecule has 136 valence electrons. The van der Waals surface area contributed by atoms with E-state index in [4.69, 9.17) is 4.42 Å². The first-order valence-corrected chi connectivity index (χ1v) is 9.33. The van der Waals surface area contributed by atoms with E-state index in [-0.39, 0.29) is 11.8 Å². The number of carbonyl (C=O) groups excluding carboxylic acids is 2. The van der Waals surface area contributed by atoms with Gasteiger partial charge in [-0.15, -0.1) is 0 Å². The normalized spacial score (nSPS) is 23.0. The van der Waals surface area contributed by atoms with E-state index < -0.39 is 5.41 Å². The molecule has 4 rings (SSSR count). The Balaban J connectivity index is 1.42. The van der Waals surface area contributed by atoms with Crippen LogP contribution in [0.2, 0.25) is 0 Å². The van der Waals surface area contributed by atoms with Gasteiger partial charge in [0, 0.05) is 26.2 Å². The van der Waals surface area contributed by atoms with Crippen LogP contribution >= 0.6 is 0 Å². The van der Waals surface area contributed by atoms with E-state index in [0.29, 0.717) is 18.7 Å². The fourth-order valence-electron chi connectivity index (χ4n) is 4.27. The highest BCUT2D eigenvalue weighted by molar-refractivity contribution is 5.95. The van der Waals surface area contributed by atoms with Gasteiger partial charge in [0.05, 0.1) is 17.2 Å². The minimum atomic E-state index is -0.395. The van der Waals surface area contributed by atoms with E-state index in [2.05, 4.69) is 12.1 Å². The van der Waals surface area contributed by atoms with Gasteiger partial charge in [-0.25, -0.2) is 0 Å². The van der Waals surface area contributed by atoms with Crippen LogP contribution in [0.15, 0.2) is 53.3 Å². The number of carbonyl (C=O) groups is 2. The van der Waals surface area contributed by atoms with Crippen molar-refractivity contribution in [2.45, 2.75) is 25.7 Å². The maximum absolute atomic E-state index is 13.2. The molecule has 5 heteroatoms. The summed E-state index contributed by atoms with van der Waals surface area (Å²) in [5.41, 5.74) is 1.42. The predicted molar refractivity (Wildman–Crippen MR) is 97.6 cm³/mol. The van der Waals surface area contributed by atoms with Crippen LogP contribution in [0.3, 0.4) is 0 Å². The highest BCUT2D eigenvalue weighted by Crippen LogP contribution is 2.40. The smallest absolute Gasteiger partial charge is 0.257 e. The first-order chi connectivity index (χ1) is 12.7. The minimum absolute atomic E-state index is 0.0372. The summed E-state index contributed by atoms with van der Waals surface area (Å²) in [4.78, 5) is 29.6. The monoisotopic (exact) mass is 352 g/mol. The van der Waals surface area contributed by atoms with Crippen LogP contribution in [-0.4, -0.2) is 47.8 Å². The van der Waals surface area contributed by atoms with Gasteiger partial charge in [0.25, 0.3) is 5.91 Å². The molecule has 0 saturated carbocycles. The summed E-state index contributed by atoms with van der Waals surface area (Å²) in [6, 6.07) is 12.0. The summed E-state index contributed by atoms with van der Waals surface area (Å²) in [7, 11) is 0. The molecule has 1 spiro atoms. The number of amides is 2. The Morgan fingerprint density at radius 2 is 1.96 bits per heavy atom. The molecule has 0 radical (unpaired) electrons. The van der Waals surface area contributed by atoms with Gasteiger partial charge in [-0.1, -0.05) is 30.3 Å². The van der Waals surface area contributed by atoms with Crippen LogP contribution in [0.5, 0.6) is 0 Å². The second-order valence-corrected chi connectivity index (χ2v) is 7.40. The standard InChI is InChI=1S/C21H24N2O3/c24-19(18-8-14-26-15-18)23-13-10-21(16-23)9-4-11-22(20(21)25)12-7-17-5-2-1-3-6-17/h1-3,5-6,8,14-15H,4,7,9-13,16H2. The number of likely N-dealkylation sites (tertiary alicyclic amines) is 2. The van der Waals surface area contributed by atoms with Crippen molar-refractivity contribution < 1.29 is 14.0 Å². The molecule has 2 aromatic rings. The zero-order valence-corrected chi connectivity index (χ0v) is 14.9. The van der Waals surface area contributed by atoms with Crippen molar-refractivity contribution in [1.82, 2.24) is 9.80 Å².